The molecule has 3 rings (SSSR count). The Kier molecular flexibility index (Phi) is 4.91. The third-order valence-corrected chi connectivity index (χ3v) is 4.48. The van der Waals surface area contributed by atoms with Crippen molar-refractivity contribution in [3.05, 3.63) is 76.8 Å². The number of benzene rings is 2. The molecule has 0 saturated heterocycles. The van der Waals surface area contributed by atoms with Crippen LogP contribution >= 0.6 is 11.3 Å². The van der Waals surface area contributed by atoms with E-state index in [0.717, 1.165) is 21.9 Å². The topological polar surface area (TPSA) is 45.2 Å². The maximum Gasteiger partial charge on any atom is 0.273 e. The van der Waals surface area contributed by atoms with E-state index in [2.05, 4.69) is 10.3 Å². The summed E-state index contributed by atoms with van der Waals surface area (Å²) in [5, 5.41) is 5.79. The molecule has 0 fully saturated rings. The highest BCUT2D eigenvalue weighted by Gasteiger charge is 2.16. The Balaban J connectivity index is 1.68. The molecule has 2 aromatic carbocycles. The number of amides is 1. The minimum absolute atomic E-state index is 0.0760. The molecule has 1 heterocycles. The summed E-state index contributed by atoms with van der Waals surface area (Å²) in [5.41, 5.74) is 3.71. The second-order valence-corrected chi connectivity index (χ2v) is 6.48. The summed E-state index contributed by atoms with van der Waals surface area (Å²) in [6.07, 6.45) is 0. The van der Waals surface area contributed by atoms with Crippen LogP contribution in [-0.2, 0) is 6.54 Å². The fraction of sp³-hybridized carbons (Fsp3) is 0.158. The fourth-order valence-corrected chi connectivity index (χ4v) is 3.08. The minimum Gasteiger partial charge on any atom is -0.336 e. The molecule has 1 amide bonds. The largest absolute Gasteiger partial charge is 0.336 e. The Hall–Kier alpha value is -2.66. The van der Waals surface area contributed by atoms with Gasteiger partial charge in [0, 0.05) is 24.7 Å². The molecule has 0 unspecified atom stereocenters. The number of hydrogen-bond acceptors (Lipinski definition) is 4. The second kappa shape index (κ2) is 7.27. The molecule has 0 aliphatic heterocycles. The van der Waals surface area contributed by atoms with Crippen LogP contribution in [-0.4, -0.2) is 22.8 Å². The Morgan fingerprint density at radius 2 is 1.83 bits per heavy atom. The summed E-state index contributed by atoms with van der Waals surface area (Å²) in [7, 11) is 1.79. The molecule has 4 nitrogen and oxygen atoms in total. The molecule has 1 aromatic heterocycles. The van der Waals surface area contributed by atoms with Gasteiger partial charge in [0.05, 0.1) is 0 Å². The van der Waals surface area contributed by atoms with Gasteiger partial charge in [-0.15, -0.1) is 11.3 Å². The number of thiazole rings is 1. The lowest BCUT2D eigenvalue weighted by molar-refractivity contribution is 0.0780. The van der Waals surface area contributed by atoms with Crippen LogP contribution in [0.5, 0.6) is 0 Å². The number of nitrogens with one attached hydrogen (secondary N) is 1. The molecule has 0 aliphatic rings. The molecule has 0 saturated carbocycles. The van der Waals surface area contributed by atoms with Crippen molar-refractivity contribution in [3.8, 4) is 0 Å². The van der Waals surface area contributed by atoms with E-state index in [1.807, 2.05) is 61.5 Å². The average Bonchev–Trinajstić information content (AvgIpc) is 3.05. The maximum atomic E-state index is 12.5. The molecule has 1 N–H and O–H groups in total. The first-order valence-electron chi connectivity index (χ1n) is 7.71. The monoisotopic (exact) mass is 337 g/mol. The van der Waals surface area contributed by atoms with Gasteiger partial charge in [-0.05, 0) is 24.1 Å². The summed E-state index contributed by atoms with van der Waals surface area (Å²) in [5.74, 6) is -0.0760. The van der Waals surface area contributed by atoms with Crippen LogP contribution in [0.4, 0.5) is 10.8 Å². The van der Waals surface area contributed by atoms with Crippen LogP contribution in [0, 0.1) is 6.92 Å². The van der Waals surface area contributed by atoms with Crippen LogP contribution in [0.15, 0.2) is 60.0 Å². The van der Waals surface area contributed by atoms with Crippen LogP contribution in [0.25, 0.3) is 0 Å². The molecule has 3 aromatic rings. The number of hydrogen-bond donors (Lipinski definition) is 1. The summed E-state index contributed by atoms with van der Waals surface area (Å²) in [4.78, 5) is 18.6. The van der Waals surface area contributed by atoms with Gasteiger partial charge in [-0.2, -0.15) is 0 Å². The third kappa shape index (κ3) is 3.81. The van der Waals surface area contributed by atoms with Crippen LogP contribution in [0.2, 0.25) is 0 Å². The van der Waals surface area contributed by atoms with Gasteiger partial charge in [0.15, 0.2) is 5.13 Å². The lowest BCUT2D eigenvalue weighted by Crippen LogP contribution is -2.26. The molecule has 0 radical (unpaired) electrons. The summed E-state index contributed by atoms with van der Waals surface area (Å²) < 4.78 is 0. The maximum absolute atomic E-state index is 12.5. The van der Waals surface area contributed by atoms with Crippen LogP contribution in [0.1, 0.15) is 21.6 Å². The highest BCUT2D eigenvalue weighted by Crippen LogP contribution is 2.23. The number of aromatic nitrogens is 1. The van der Waals surface area contributed by atoms with Gasteiger partial charge in [-0.3, -0.25) is 4.79 Å². The van der Waals surface area contributed by atoms with Crippen molar-refractivity contribution in [1.82, 2.24) is 9.88 Å². The summed E-state index contributed by atoms with van der Waals surface area (Å²) in [6, 6.07) is 17.9. The number of para-hydroxylation sites is 1. The Morgan fingerprint density at radius 1 is 1.12 bits per heavy atom. The van der Waals surface area contributed by atoms with Crippen LogP contribution in [0.3, 0.4) is 0 Å². The molecule has 0 spiro atoms. The van der Waals surface area contributed by atoms with Crippen molar-refractivity contribution < 1.29 is 4.79 Å². The van der Waals surface area contributed by atoms with Crippen molar-refractivity contribution >= 4 is 28.1 Å². The molecule has 0 aliphatic carbocycles. The van der Waals surface area contributed by atoms with E-state index < -0.39 is 0 Å². The Morgan fingerprint density at radius 3 is 2.58 bits per heavy atom. The van der Waals surface area contributed by atoms with Gasteiger partial charge in [-0.25, -0.2) is 4.98 Å². The van der Waals surface area contributed by atoms with Crippen molar-refractivity contribution in [2.45, 2.75) is 13.5 Å². The standard InChI is InChI=1S/C19H19N3OS/c1-14-8-6-7-11-16(14)20-19-21-17(13-24-19)18(23)22(2)12-15-9-4-3-5-10-15/h3-11,13H,12H2,1-2H3,(H,20,21). The zero-order valence-electron chi connectivity index (χ0n) is 13.7. The van der Waals surface area contributed by atoms with Gasteiger partial charge in [-0.1, -0.05) is 48.5 Å². The number of carbonyl (C=O) groups is 1. The molecule has 0 bridgehead atoms. The fourth-order valence-electron chi connectivity index (χ4n) is 2.38. The van der Waals surface area contributed by atoms with E-state index in [9.17, 15) is 4.79 Å². The quantitative estimate of drug-likeness (QED) is 0.747. The second-order valence-electron chi connectivity index (χ2n) is 5.62. The Bertz CT molecular complexity index is 829. The van der Waals surface area contributed by atoms with Gasteiger partial charge >= 0.3 is 0 Å². The van der Waals surface area contributed by atoms with Gasteiger partial charge < -0.3 is 10.2 Å². The Labute approximate surface area is 145 Å². The molecular formula is C19H19N3OS. The van der Waals surface area contributed by atoms with Gasteiger partial charge in [0.25, 0.3) is 5.91 Å². The lowest BCUT2D eigenvalue weighted by atomic mass is 10.2. The van der Waals surface area contributed by atoms with E-state index >= 15 is 0 Å². The number of anilines is 2. The van der Waals surface area contributed by atoms with Gasteiger partial charge in [0.2, 0.25) is 0 Å². The minimum atomic E-state index is -0.0760. The van der Waals surface area contributed by atoms with E-state index in [4.69, 9.17) is 0 Å². The average molecular weight is 337 g/mol. The van der Waals surface area contributed by atoms with Crippen molar-refractivity contribution in [3.63, 3.8) is 0 Å². The smallest absolute Gasteiger partial charge is 0.273 e. The van der Waals surface area contributed by atoms with E-state index in [1.54, 1.807) is 17.3 Å². The highest BCUT2D eigenvalue weighted by molar-refractivity contribution is 7.14. The predicted molar refractivity (Wildman–Crippen MR) is 98.8 cm³/mol. The van der Waals surface area contributed by atoms with Crippen molar-refractivity contribution in [1.29, 1.82) is 0 Å². The molecule has 0 atom stereocenters. The molecular weight excluding hydrogens is 318 g/mol. The molecule has 122 valence electrons. The lowest BCUT2D eigenvalue weighted by Gasteiger charge is -2.15. The zero-order chi connectivity index (χ0) is 16.9. The first-order chi connectivity index (χ1) is 11.6. The van der Waals surface area contributed by atoms with Crippen molar-refractivity contribution in [2.24, 2.45) is 0 Å². The molecule has 24 heavy (non-hydrogen) atoms. The van der Waals surface area contributed by atoms with Gasteiger partial charge in [0.1, 0.15) is 5.69 Å². The SMILES string of the molecule is Cc1ccccc1Nc1nc(C(=O)N(C)Cc2ccccc2)cs1. The predicted octanol–water partition coefficient (Wildman–Crippen LogP) is 4.47. The van der Waals surface area contributed by atoms with E-state index in [0.29, 0.717) is 12.2 Å². The zero-order valence-corrected chi connectivity index (χ0v) is 14.5. The normalized spacial score (nSPS) is 10.4. The van der Waals surface area contributed by atoms with Crippen molar-refractivity contribution in [2.75, 3.05) is 12.4 Å². The number of carbonyl (C=O) groups excluding carboxylic acids is 1. The summed E-state index contributed by atoms with van der Waals surface area (Å²) >= 11 is 1.44. The third-order valence-electron chi connectivity index (χ3n) is 3.72. The van der Waals surface area contributed by atoms with Crippen LogP contribution < -0.4 is 5.32 Å². The number of aryl methyl sites for hydroxylation is 1. The first kappa shape index (κ1) is 16.2. The molecule has 5 heteroatoms. The number of nitrogens with zero attached hydrogens (tertiary/aromatic N) is 2. The van der Waals surface area contributed by atoms with E-state index in [1.165, 1.54) is 11.3 Å². The van der Waals surface area contributed by atoms with E-state index in [-0.39, 0.29) is 5.91 Å². The first-order valence-corrected chi connectivity index (χ1v) is 8.59. The number of rotatable bonds is 5. The highest BCUT2D eigenvalue weighted by atomic mass is 32.1. The summed E-state index contributed by atoms with van der Waals surface area (Å²) in [6.45, 7) is 2.60.